The van der Waals surface area contributed by atoms with E-state index in [0.29, 0.717) is 5.56 Å². The number of hydrogen-bond acceptors (Lipinski definition) is 4. The third-order valence-electron chi connectivity index (χ3n) is 4.54. The fourth-order valence-corrected chi connectivity index (χ4v) is 3.50. The first kappa shape index (κ1) is 12.7. The second-order valence-corrected chi connectivity index (χ2v) is 5.72. The van der Waals surface area contributed by atoms with Gasteiger partial charge in [-0.3, -0.25) is 14.5 Å². The number of rotatable bonds is 3. The second-order valence-electron chi connectivity index (χ2n) is 5.72. The summed E-state index contributed by atoms with van der Waals surface area (Å²) in [6.45, 7) is 0.00806. The summed E-state index contributed by atoms with van der Waals surface area (Å²) in [5.41, 5.74) is 0.701. The molecule has 2 amide bonds. The minimum Gasteiger partial charge on any atom is -0.387 e. The van der Waals surface area contributed by atoms with Gasteiger partial charge in [0.15, 0.2) is 0 Å². The third kappa shape index (κ3) is 1.78. The molecule has 0 spiro atoms. The van der Waals surface area contributed by atoms with Crippen LogP contribution < -0.4 is 0 Å². The van der Waals surface area contributed by atoms with Crippen molar-refractivity contribution in [2.45, 2.75) is 18.3 Å². The zero-order chi connectivity index (χ0) is 14.6. The molecule has 5 nitrogen and oxygen atoms in total. The van der Waals surface area contributed by atoms with Crippen molar-refractivity contribution in [3.63, 3.8) is 0 Å². The molecular weight excluding hydrogens is 270 g/mol. The molecule has 21 heavy (non-hydrogen) atoms. The van der Waals surface area contributed by atoms with Crippen LogP contribution in [0.25, 0.3) is 0 Å². The van der Waals surface area contributed by atoms with Crippen LogP contribution in [0, 0.1) is 11.8 Å². The summed E-state index contributed by atoms with van der Waals surface area (Å²) in [6.07, 6.45) is 2.29. The number of benzene rings is 1. The van der Waals surface area contributed by atoms with Crippen LogP contribution in [0.4, 0.5) is 0 Å². The van der Waals surface area contributed by atoms with E-state index in [0.717, 1.165) is 0 Å². The van der Waals surface area contributed by atoms with Crippen LogP contribution >= 0.6 is 0 Å². The largest absolute Gasteiger partial charge is 0.387 e. The number of carbonyl (C=O) groups is 2. The highest BCUT2D eigenvalue weighted by atomic mass is 16.5. The van der Waals surface area contributed by atoms with Crippen molar-refractivity contribution in [2.24, 2.45) is 11.8 Å². The molecule has 0 saturated carbocycles. The van der Waals surface area contributed by atoms with Gasteiger partial charge in [0, 0.05) is 0 Å². The van der Waals surface area contributed by atoms with Crippen molar-refractivity contribution in [3.05, 3.63) is 48.0 Å². The number of aliphatic hydroxyl groups excluding tert-OH is 1. The number of β-amino-alcohol motifs (C(OH)–C–C–N with tert-alkyl or cyclic N) is 1. The Morgan fingerprint density at radius 1 is 1.05 bits per heavy atom. The molecule has 3 aliphatic rings. The average Bonchev–Trinajstić information content (AvgIpc) is 3.18. The lowest BCUT2D eigenvalue weighted by atomic mass is 9.85. The first-order chi connectivity index (χ1) is 10.2. The van der Waals surface area contributed by atoms with E-state index in [1.165, 1.54) is 4.90 Å². The average molecular weight is 285 g/mol. The monoisotopic (exact) mass is 285 g/mol. The maximum Gasteiger partial charge on any atom is 0.236 e. The zero-order valence-corrected chi connectivity index (χ0v) is 11.3. The molecule has 0 radical (unpaired) electrons. The van der Waals surface area contributed by atoms with Gasteiger partial charge in [-0.1, -0.05) is 42.5 Å². The molecule has 3 heterocycles. The quantitative estimate of drug-likeness (QED) is 0.654. The second kappa shape index (κ2) is 4.51. The number of aliphatic hydroxyl groups is 1. The van der Waals surface area contributed by atoms with Crippen molar-refractivity contribution < 1.29 is 19.4 Å². The number of nitrogens with zero attached hydrogens (tertiary/aromatic N) is 1. The van der Waals surface area contributed by atoms with Crippen LogP contribution in [0.15, 0.2) is 42.5 Å². The lowest BCUT2D eigenvalue weighted by Gasteiger charge is -2.21. The molecule has 0 unspecified atom stereocenters. The Labute approximate surface area is 121 Å². The Kier molecular flexibility index (Phi) is 2.74. The van der Waals surface area contributed by atoms with Gasteiger partial charge in [-0.05, 0) is 5.56 Å². The summed E-state index contributed by atoms with van der Waals surface area (Å²) < 4.78 is 5.58. The first-order valence-corrected chi connectivity index (χ1v) is 7.09. The SMILES string of the molecule is O=C1[C@@H]2[C@@H](C(=O)N1C[C@@H](O)c1ccccc1)[C@H]1C=C[C@H]2O1. The first-order valence-electron chi connectivity index (χ1n) is 7.09. The molecule has 3 aliphatic heterocycles. The molecule has 5 heteroatoms. The molecule has 2 fully saturated rings. The molecule has 1 aromatic rings. The number of fused-ring (bicyclic) bond motifs is 5. The predicted molar refractivity (Wildman–Crippen MR) is 72.9 cm³/mol. The Morgan fingerprint density at radius 3 is 2.19 bits per heavy atom. The molecule has 1 aromatic carbocycles. The van der Waals surface area contributed by atoms with Crippen molar-refractivity contribution in [1.29, 1.82) is 0 Å². The molecule has 5 atom stereocenters. The van der Waals surface area contributed by atoms with Crippen LogP contribution in [-0.2, 0) is 14.3 Å². The van der Waals surface area contributed by atoms with Gasteiger partial charge < -0.3 is 9.84 Å². The minimum absolute atomic E-state index is 0.00806. The van der Waals surface area contributed by atoms with Gasteiger partial charge in [0.05, 0.1) is 36.7 Å². The molecule has 0 aromatic heterocycles. The summed E-state index contributed by atoms with van der Waals surface area (Å²) in [7, 11) is 0. The van der Waals surface area contributed by atoms with Gasteiger partial charge in [-0.25, -0.2) is 0 Å². The van der Waals surface area contributed by atoms with Crippen molar-refractivity contribution in [2.75, 3.05) is 6.54 Å². The number of imide groups is 1. The molecule has 0 aliphatic carbocycles. The normalized spacial score (nSPS) is 34.6. The van der Waals surface area contributed by atoms with E-state index in [-0.39, 0.29) is 30.6 Å². The number of carbonyl (C=O) groups excluding carboxylic acids is 2. The Hall–Kier alpha value is -1.98. The van der Waals surface area contributed by atoms with Crippen LogP contribution in [0.2, 0.25) is 0 Å². The van der Waals surface area contributed by atoms with Gasteiger partial charge in [0.1, 0.15) is 0 Å². The molecule has 2 bridgehead atoms. The van der Waals surface area contributed by atoms with Crippen LogP contribution in [0.5, 0.6) is 0 Å². The minimum atomic E-state index is -0.857. The molecule has 1 N–H and O–H groups in total. The summed E-state index contributed by atoms with van der Waals surface area (Å²) in [6, 6.07) is 9.06. The van der Waals surface area contributed by atoms with E-state index in [1.54, 1.807) is 12.1 Å². The van der Waals surface area contributed by atoms with Gasteiger partial charge >= 0.3 is 0 Å². The van der Waals surface area contributed by atoms with Gasteiger partial charge in [0.2, 0.25) is 11.8 Å². The lowest BCUT2D eigenvalue weighted by Crippen LogP contribution is -2.37. The Balaban J connectivity index is 1.55. The van der Waals surface area contributed by atoms with Gasteiger partial charge in [-0.15, -0.1) is 0 Å². The van der Waals surface area contributed by atoms with Crippen molar-refractivity contribution >= 4 is 11.8 Å². The smallest absolute Gasteiger partial charge is 0.236 e. The van der Waals surface area contributed by atoms with E-state index in [9.17, 15) is 14.7 Å². The van der Waals surface area contributed by atoms with E-state index < -0.39 is 17.9 Å². The highest BCUT2D eigenvalue weighted by Gasteiger charge is 2.60. The highest BCUT2D eigenvalue weighted by Crippen LogP contribution is 2.45. The summed E-state index contributed by atoms with van der Waals surface area (Å²) in [5.74, 6) is -1.26. The zero-order valence-electron chi connectivity index (χ0n) is 11.3. The fraction of sp³-hybridized carbons (Fsp3) is 0.375. The Morgan fingerprint density at radius 2 is 1.62 bits per heavy atom. The third-order valence-corrected chi connectivity index (χ3v) is 4.54. The maximum atomic E-state index is 12.4. The Bertz CT molecular complexity index is 596. The lowest BCUT2D eigenvalue weighted by molar-refractivity contribution is -0.144. The maximum absolute atomic E-state index is 12.4. The van der Waals surface area contributed by atoms with E-state index >= 15 is 0 Å². The summed E-state index contributed by atoms with van der Waals surface area (Å²) >= 11 is 0. The van der Waals surface area contributed by atoms with Crippen LogP contribution in [0.3, 0.4) is 0 Å². The number of ether oxygens (including phenoxy) is 1. The van der Waals surface area contributed by atoms with E-state index in [2.05, 4.69) is 0 Å². The molecular formula is C16H15NO4. The van der Waals surface area contributed by atoms with Crippen LogP contribution in [-0.4, -0.2) is 40.6 Å². The number of hydrogen-bond donors (Lipinski definition) is 1. The van der Waals surface area contributed by atoms with Gasteiger partial charge in [-0.2, -0.15) is 0 Å². The summed E-state index contributed by atoms with van der Waals surface area (Å²) in [4.78, 5) is 26.1. The standard InChI is InChI=1S/C16H15NO4/c18-10(9-4-2-1-3-5-9)8-17-15(19)13-11-6-7-12(21-11)14(13)16(17)20/h1-7,10-14,18H,8H2/t10-,11-,12-,13+,14+/m1/s1. The van der Waals surface area contributed by atoms with Gasteiger partial charge in [0.25, 0.3) is 0 Å². The van der Waals surface area contributed by atoms with Crippen molar-refractivity contribution in [1.82, 2.24) is 4.90 Å². The van der Waals surface area contributed by atoms with Crippen molar-refractivity contribution in [3.8, 4) is 0 Å². The summed E-state index contributed by atoms with van der Waals surface area (Å²) in [5, 5.41) is 10.2. The van der Waals surface area contributed by atoms with E-state index in [4.69, 9.17) is 4.74 Å². The topological polar surface area (TPSA) is 66.8 Å². The van der Waals surface area contributed by atoms with E-state index in [1.807, 2.05) is 30.4 Å². The highest BCUT2D eigenvalue weighted by molar-refractivity contribution is 6.06. The molecule has 2 saturated heterocycles. The molecule has 4 rings (SSSR count). The molecule has 108 valence electrons. The van der Waals surface area contributed by atoms with Crippen LogP contribution in [0.1, 0.15) is 11.7 Å². The predicted octanol–water partition coefficient (Wildman–Crippen LogP) is 0.658. The number of amides is 2. The fourth-order valence-electron chi connectivity index (χ4n) is 3.50. The number of likely N-dealkylation sites (tertiary alicyclic amines) is 1.